The number of aliphatic hydroxyl groups excluding tert-OH is 2. The molecule has 0 aromatic heterocycles. The summed E-state index contributed by atoms with van der Waals surface area (Å²) in [6, 6.07) is 16.7. The van der Waals surface area contributed by atoms with Crippen LogP contribution in [0.4, 0.5) is 0 Å². The number of carbonyl (C=O) groups is 2. The summed E-state index contributed by atoms with van der Waals surface area (Å²) in [7, 11) is 0. The van der Waals surface area contributed by atoms with Crippen LogP contribution in [0.5, 0.6) is 0 Å². The quantitative estimate of drug-likeness (QED) is 0.333. The molecular weight excluding hydrogens is 684 g/mol. The van der Waals surface area contributed by atoms with E-state index in [1.807, 2.05) is 34.1 Å². The van der Waals surface area contributed by atoms with Gasteiger partial charge in [-0.2, -0.15) is 0 Å². The molecule has 2 aromatic rings. The molecule has 240 valence electrons. The van der Waals surface area contributed by atoms with Crippen LogP contribution in [0.15, 0.2) is 57.5 Å². The molecular formula is C36H48Br2N2O4. The molecule has 4 fully saturated rings. The Bertz CT molecular complexity index is 1170. The van der Waals surface area contributed by atoms with E-state index in [0.29, 0.717) is 12.8 Å². The highest BCUT2D eigenvalue weighted by Gasteiger charge is 2.43. The van der Waals surface area contributed by atoms with Gasteiger partial charge in [0.05, 0.1) is 24.3 Å². The van der Waals surface area contributed by atoms with Gasteiger partial charge in [-0.3, -0.25) is 9.59 Å². The highest BCUT2D eigenvalue weighted by atomic mass is 79.9. The normalized spacial score (nSPS) is 30.6. The monoisotopic (exact) mass is 730 g/mol. The Balaban J connectivity index is 0.000000175. The molecule has 0 bridgehead atoms. The number of carbonyl (C=O) groups excluding carboxylic acids is 2. The van der Waals surface area contributed by atoms with Crippen LogP contribution in [-0.4, -0.2) is 57.1 Å². The van der Waals surface area contributed by atoms with E-state index >= 15 is 0 Å². The second-order valence-corrected chi connectivity index (χ2v) is 15.8. The lowest BCUT2D eigenvalue weighted by atomic mass is 9.67. The molecule has 0 unspecified atom stereocenters. The fourth-order valence-corrected chi connectivity index (χ4v) is 8.46. The summed E-state index contributed by atoms with van der Waals surface area (Å²) in [5.41, 5.74) is 2.69. The summed E-state index contributed by atoms with van der Waals surface area (Å²) in [5.74, 6) is 0.552. The van der Waals surface area contributed by atoms with Crippen molar-refractivity contribution in [3.05, 3.63) is 68.6 Å². The van der Waals surface area contributed by atoms with Crippen molar-refractivity contribution >= 4 is 43.7 Å². The van der Waals surface area contributed by atoms with Gasteiger partial charge in [-0.1, -0.05) is 56.1 Å². The van der Waals surface area contributed by atoms with Gasteiger partial charge in [-0.25, -0.2) is 0 Å². The summed E-state index contributed by atoms with van der Waals surface area (Å²) in [6.07, 6.45) is 10.6. The zero-order valence-corrected chi connectivity index (χ0v) is 29.4. The summed E-state index contributed by atoms with van der Waals surface area (Å²) in [5, 5.41) is 19.4. The van der Waals surface area contributed by atoms with E-state index in [9.17, 15) is 19.8 Å². The molecule has 2 aliphatic carbocycles. The minimum absolute atomic E-state index is 0.132. The van der Waals surface area contributed by atoms with Crippen molar-refractivity contribution in [2.75, 3.05) is 13.1 Å². The van der Waals surface area contributed by atoms with E-state index in [1.165, 1.54) is 11.1 Å². The van der Waals surface area contributed by atoms with Gasteiger partial charge in [0.25, 0.3) is 0 Å². The van der Waals surface area contributed by atoms with Gasteiger partial charge in [0.2, 0.25) is 11.8 Å². The Morgan fingerprint density at radius 2 is 0.932 bits per heavy atom. The smallest absolute Gasteiger partial charge is 0.223 e. The van der Waals surface area contributed by atoms with Gasteiger partial charge in [0.1, 0.15) is 0 Å². The average molecular weight is 733 g/mol. The molecule has 2 N–H and O–H groups in total. The van der Waals surface area contributed by atoms with Crippen molar-refractivity contribution in [1.29, 1.82) is 0 Å². The first-order valence-electron chi connectivity index (χ1n) is 16.4. The molecule has 6 rings (SSSR count). The maximum absolute atomic E-state index is 12.7. The van der Waals surface area contributed by atoms with Crippen molar-refractivity contribution in [2.24, 2.45) is 10.8 Å². The third-order valence-corrected chi connectivity index (χ3v) is 12.2. The summed E-state index contributed by atoms with van der Waals surface area (Å²) in [6.45, 7) is 5.91. The molecule has 6 nitrogen and oxygen atoms in total. The van der Waals surface area contributed by atoms with Gasteiger partial charge >= 0.3 is 0 Å². The zero-order valence-electron chi connectivity index (χ0n) is 26.2. The first-order valence-corrected chi connectivity index (χ1v) is 18.0. The Morgan fingerprint density at radius 3 is 1.23 bits per heavy atom. The molecule has 2 saturated carbocycles. The van der Waals surface area contributed by atoms with Crippen LogP contribution < -0.4 is 0 Å². The number of piperidine rings is 2. The van der Waals surface area contributed by atoms with Gasteiger partial charge in [-0.15, -0.1) is 0 Å². The van der Waals surface area contributed by atoms with E-state index in [2.05, 4.69) is 70.0 Å². The number of halogens is 2. The standard InChI is InChI=1S/2C18H24BrNO2/c2*1-13(14-2-4-15(19)5-3-14)20-11-10-18(12-17(20)22)8-6-16(21)7-9-18/h2*2-5,13,16,21H,6-12H2,1H3/t2*13-,16?,18?/m00/s1. The number of nitrogens with zero attached hydrogens (tertiary/aromatic N) is 2. The lowest BCUT2D eigenvalue weighted by Gasteiger charge is -2.46. The van der Waals surface area contributed by atoms with Crippen molar-refractivity contribution in [1.82, 2.24) is 9.80 Å². The van der Waals surface area contributed by atoms with Crippen LogP contribution in [0.25, 0.3) is 0 Å². The molecule has 8 heteroatoms. The fraction of sp³-hybridized carbons (Fsp3) is 0.611. The molecule has 0 radical (unpaired) electrons. The third-order valence-electron chi connectivity index (χ3n) is 11.1. The van der Waals surface area contributed by atoms with Crippen LogP contribution in [-0.2, 0) is 9.59 Å². The highest BCUT2D eigenvalue weighted by Crippen LogP contribution is 2.47. The summed E-state index contributed by atoms with van der Waals surface area (Å²) in [4.78, 5) is 29.4. The number of hydrogen-bond acceptors (Lipinski definition) is 4. The van der Waals surface area contributed by atoms with Crippen molar-refractivity contribution in [3.8, 4) is 0 Å². The van der Waals surface area contributed by atoms with E-state index in [0.717, 1.165) is 86.2 Å². The molecule has 2 spiro atoms. The van der Waals surface area contributed by atoms with Gasteiger partial charge < -0.3 is 20.0 Å². The third kappa shape index (κ3) is 7.97. The Morgan fingerprint density at radius 1 is 0.614 bits per heavy atom. The Hall–Kier alpha value is -1.74. The summed E-state index contributed by atoms with van der Waals surface area (Å²) >= 11 is 6.91. The first kappa shape index (κ1) is 33.6. The number of likely N-dealkylation sites (tertiary alicyclic amines) is 2. The minimum atomic E-state index is -0.152. The van der Waals surface area contributed by atoms with E-state index in [4.69, 9.17) is 0 Å². The van der Waals surface area contributed by atoms with E-state index in [1.54, 1.807) is 0 Å². The Labute approximate surface area is 279 Å². The molecule has 2 heterocycles. The van der Waals surface area contributed by atoms with Crippen molar-refractivity contribution in [2.45, 2.75) is 115 Å². The highest BCUT2D eigenvalue weighted by molar-refractivity contribution is 9.10. The number of rotatable bonds is 4. The molecule has 4 aliphatic rings. The predicted octanol–water partition coefficient (Wildman–Crippen LogP) is 8.11. The molecule has 2 atom stereocenters. The lowest BCUT2D eigenvalue weighted by Crippen LogP contribution is -2.46. The fourth-order valence-electron chi connectivity index (χ4n) is 7.93. The molecule has 2 aliphatic heterocycles. The van der Waals surface area contributed by atoms with Crippen LogP contribution in [0, 0.1) is 10.8 Å². The Kier molecular flexibility index (Phi) is 11.0. The van der Waals surface area contributed by atoms with Gasteiger partial charge in [0, 0.05) is 34.9 Å². The van der Waals surface area contributed by atoms with Crippen LogP contribution in [0.1, 0.15) is 114 Å². The molecule has 2 amide bonds. The second kappa shape index (κ2) is 14.4. The maximum atomic E-state index is 12.7. The van der Waals surface area contributed by atoms with Crippen LogP contribution >= 0.6 is 31.9 Å². The first-order chi connectivity index (χ1) is 21.0. The maximum Gasteiger partial charge on any atom is 0.223 e. The number of hydrogen-bond donors (Lipinski definition) is 2. The zero-order chi connectivity index (χ0) is 31.5. The van der Waals surface area contributed by atoms with Gasteiger partial charge in [-0.05, 0) is 124 Å². The predicted molar refractivity (Wildman–Crippen MR) is 181 cm³/mol. The molecule has 44 heavy (non-hydrogen) atoms. The topological polar surface area (TPSA) is 81.1 Å². The number of amides is 2. The average Bonchev–Trinajstić information content (AvgIpc) is 3.01. The summed E-state index contributed by atoms with van der Waals surface area (Å²) < 4.78 is 2.13. The SMILES string of the molecule is C[C@@H](c1ccc(Br)cc1)N1CCC2(CCC(O)CC2)CC1=O.C[C@@H](c1ccc(Br)cc1)N1CCC2(CCC(O)CC2)CC1=O. The minimum Gasteiger partial charge on any atom is -0.393 e. The van der Waals surface area contributed by atoms with Crippen molar-refractivity contribution < 1.29 is 19.8 Å². The van der Waals surface area contributed by atoms with Gasteiger partial charge in [0.15, 0.2) is 0 Å². The van der Waals surface area contributed by atoms with E-state index < -0.39 is 0 Å². The largest absolute Gasteiger partial charge is 0.393 e. The van der Waals surface area contributed by atoms with Crippen molar-refractivity contribution in [3.63, 3.8) is 0 Å². The van der Waals surface area contributed by atoms with E-state index in [-0.39, 0.29) is 46.9 Å². The second-order valence-electron chi connectivity index (χ2n) is 13.9. The number of aliphatic hydroxyl groups is 2. The lowest BCUT2D eigenvalue weighted by molar-refractivity contribution is -0.143. The number of benzene rings is 2. The molecule has 2 aromatic carbocycles. The van der Waals surface area contributed by atoms with Crippen LogP contribution in [0.2, 0.25) is 0 Å². The van der Waals surface area contributed by atoms with Crippen LogP contribution in [0.3, 0.4) is 0 Å². The molecule has 2 saturated heterocycles.